The molecule has 0 bridgehead atoms. The molecule has 4 aliphatic rings. The number of hydrogen-bond donors (Lipinski definition) is 3. The van der Waals surface area contributed by atoms with Gasteiger partial charge >= 0.3 is 0 Å². The Morgan fingerprint density at radius 1 is 0.793 bits per heavy atom. The number of methoxy groups -OCH3 is 1. The minimum Gasteiger partial charge on any atom is -0.381 e. The SMILES string of the molecule is COC1CCC(C2CNC(NC3CCC(CN4CCCCCC4)CC3)NC2)CC1. The van der Waals surface area contributed by atoms with E-state index in [0.717, 1.165) is 30.8 Å². The zero-order valence-corrected chi connectivity index (χ0v) is 18.8. The second-order valence-electron chi connectivity index (χ2n) is 10.4. The smallest absolute Gasteiger partial charge is 0.112 e. The lowest BCUT2D eigenvalue weighted by Gasteiger charge is -2.41. The van der Waals surface area contributed by atoms with E-state index in [9.17, 15) is 0 Å². The Morgan fingerprint density at radius 2 is 1.45 bits per heavy atom. The maximum Gasteiger partial charge on any atom is 0.112 e. The van der Waals surface area contributed by atoms with Crippen molar-refractivity contribution >= 4 is 0 Å². The van der Waals surface area contributed by atoms with Gasteiger partial charge in [0.2, 0.25) is 0 Å². The van der Waals surface area contributed by atoms with Gasteiger partial charge in [0.1, 0.15) is 6.29 Å². The van der Waals surface area contributed by atoms with Crippen LogP contribution in [-0.4, -0.2) is 63.2 Å². The Morgan fingerprint density at radius 3 is 2.07 bits per heavy atom. The molecule has 0 aromatic heterocycles. The highest BCUT2D eigenvalue weighted by Crippen LogP contribution is 2.32. The average molecular weight is 407 g/mol. The molecule has 0 aromatic carbocycles. The number of rotatable bonds is 6. The van der Waals surface area contributed by atoms with Crippen LogP contribution in [0.4, 0.5) is 0 Å². The zero-order valence-electron chi connectivity index (χ0n) is 18.8. The Labute approximate surface area is 179 Å². The van der Waals surface area contributed by atoms with Gasteiger partial charge in [0.25, 0.3) is 0 Å². The third kappa shape index (κ3) is 6.64. The van der Waals surface area contributed by atoms with Crippen molar-refractivity contribution in [1.29, 1.82) is 0 Å². The summed E-state index contributed by atoms with van der Waals surface area (Å²) in [6.07, 6.45) is 17.3. The quantitative estimate of drug-likeness (QED) is 0.632. The van der Waals surface area contributed by atoms with Crippen LogP contribution in [0.3, 0.4) is 0 Å². The van der Waals surface area contributed by atoms with Crippen LogP contribution in [0, 0.1) is 17.8 Å². The van der Waals surface area contributed by atoms with Gasteiger partial charge in [-0.25, -0.2) is 0 Å². The first-order chi connectivity index (χ1) is 14.3. The van der Waals surface area contributed by atoms with E-state index in [2.05, 4.69) is 20.9 Å². The predicted molar refractivity (Wildman–Crippen MR) is 120 cm³/mol. The first-order valence-electron chi connectivity index (χ1n) is 12.8. The minimum atomic E-state index is 0.314. The van der Waals surface area contributed by atoms with Gasteiger partial charge in [0.05, 0.1) is 6.10 Å². The van der Waals surface area contributed by atoms with Gasteiger partial charge in [-0.3, -0.25) is 16.0 Å². The summed E-state index contributed by atoms with van der Waals surface area (Å²) >= 11 is 0. The van der Waals surface area contributed by atoms with Crippen molar-refractivity contribution in [2.75, 3.05) is 39.8 Å². The summed E-state index contributed by atoms with van der Waals surface area (Å²) in [5, 5.41) is 11.4. The van der Waals surface area contributed by atoms with Crippen molar-refractivity contribution in [3.8, 4) is 0 Å². The van der Waals surface area contributed by atoms with Crippen LogP contribution in [0.2, 0.25) is 0 Å². The fourth-order valence-corrected chi connectivity index (χ4v) is 6.36. The predicted octanol–water partition coefficient (Wildman–Crippen LogP) is 3.31. The fraction of sp³-hybridized carbons (Fsp3) is 1.00. The molecule has 5 nitrogen and oxygen atoms in total. The number of nitrogens with one attached hydrogen (secondary N) is 3. The lowest BCUT2D eigenvalue weighted by Crippen LogP contribution is -2.63. The van der Waals surface area contributed by atoms with Gasteiger partial charge in [0.15, 0.2) is 0 Å². The van der Waals surface area contributed by atoms with Crippen LogP contribution in [0.15, 0.2) is 0 Å². The van der Waals surface area contributed by atoms with E-state index in [4.69, 9.17) is 4.74 Å². The summed E-state index contributed by atoms with van der Waals surface area (Å²) in [5.74, 6) is 2.59. The van der Waals surface area contributed by atoms with Crippen molar-refractivity contribution in [2.24, 2.45) is 17.8 Å². The maximum absolute atomic E-state index is 5.54. The lowest BCUT2D eigenvalue weighted by atomic mass is 9.78. The van der Waals surface area contributed by atoms with E-state index in [-0.39, 0.29) is 0 Å². The molecule has 2 saturated carbocycles. The van der Waals surface area contributed by atoms with E-state index in [1.165, 1.54) is 96.7 Å². The van der Waals surface area contributed by atoms with Crippen molar-refractivity contribution < 1.29 is 4.74 Å². The highest BCUT2D eigenvalue weighted by Gasteiger charge is 2.31. The third-order valence-corrected chi connectivity index (χ3v) is 8.35. The standard InChI is InChI=1S/C24H46N4O/c1-29-23-12-8-20(9-13-23)21-16-25-24(26-17-21)27-22-10-6-19(7-11-22)18-28-14-4-2-3-5-15-28/h19-27H,2-18H2,1H3. The van der Waals surface area contributed by atoms with E-state index in [0.29, 0.717) is 18.4 Å². The molecule has 168 valence electrons. The second kappa shape index (κ2) is 11.4. The first kappa shape index (κ1) is 22.0. The van der Waals surface area contributed by atoms with Crippen LogP contribution in [0.5, 0.6) is 0 Å². The number of hydrogen-bond acceptors (Lipinski definition) is 5. The normalized spacial score (nSPS) is 40.4. The number of nitrogens with zero attached hydrogens (tertiary/aromatic N) is 1. The number of ether oxygens (including phenoxy) is 1. The second-order valence-corrected chi connectivity index (χ2v) is 10.4. The van der Waals surface area contributed by atoms with Crippen LogP contribution >= 0.6 is 0 Å². The summed E-state index contributed by atoms with van der Waals surface area (Å²) in [6, 6.07) is 0.689. The van der Waals surface area contributed by atoms with Gasteiger partial charge in [-0.1, -0.05) is 12.8 Å². The highest BCUT2D eigenvalue weighted by molar-refractivity contribution is 4.87. The van der Waals surface area contributed by atoms with Gasteiger partial charge in [-0.05, 0) is 95.1 Å². The molecule has 0 amide bonds. The molecule has 2 aliphatic carbocycles. The zero-order chi connectivity index (χ0) is 19.9. The molecule has 2 heterocycles. The molecule has 2 aliphatic heterocycles. The maximum atomic E-state index is 5.54. The van der Waals surface area contributed by atoms with E-state index < -0.39 is 0 Å². The fourth-order valence-electron chi connectivity index (χ4n) is 6.36. The first-order valence-corrected chi connectivity index (χ1v) is 12.8. The molecule has 0 aromatic rings. The summed E-state index contributed by atoms with van der Waals surface area (Å²) in [5.41, 5.74) is 0. The average Bonchev–Trinajstić information content (AvgIpc) is 3.04. The van der Waals surface area contributed by atoms with Gasteiger partial charge in [-0.15, -0.1) is 0 Å². The molecule has 3 N–H and O–H groups in total. The highest BCUT2D eigenvalue weighted by atomic mass is 16.5. The monoisotopic (exact) mass is 406 g/mol. The Bertz CT molecular complexity index is 444. The van der Waals surface area contributed by atoms with Crippen LogP contribution in [0.1, 0.15) is 77.0 Å². The number of likely N-dealkylation sites (tertiary alicyclic amines) is 1. The third-order valence-electron chi connectivity index (χ3n) is 8.35. The van der Waals surface area contributed by atoms with Crippen LogP contribution in [-0.2, 0) is 4.74 Å². The minimum absolute atomic E-state index is 0.314. The lowest BCUT2D eigenvalue weighted by molar-refractivity contribution is 0.0413. The van der Waals surface area contributed by atoms with Gasteiger partial charge in [-0.2, -0.15) is 0 Å². The Balaban J connectivity index is 1.10. The topological polar surface area (TPSA) is 48.6 Å². The summed E-state index contributed by atoms with van der Waals surface area (Å²) in [6.45, 7) is 6.39. The molecular weight excluding hydrogens is 360 g/mol. The molecule has 4 fully saturated rings. The molecule has 0 unspecified atom stereocenters. The summed E-state index contributed by atoms with van der Waals surface area (Å²) in [4.78, 5) is 2.76. The molecule has 0 spiro atoms. The summed E-state index contributed by atoms with van der Waals surface area (Å²) in [7, 11) is 1.87. The molecule has 0 radical (unpaired) electrons. The Kier molecular flexibility index (Phi) is 8.67. The van der Waals surface area contributed by atoms with Crippen LogP contribution in [0.25, 0.3) is 0 Å². The van der Waals surface area contributed by atoms with E-state index >= 15 is 0 Å². The van der Waals surface area contributed by atoms with Crippen molar-refractivity contribution in [3.05, 3.63) is 0 Å². The van der Waals surface area contributed by atoms with E-state index in [1.807, 2.05) is 7.11 Å². The van der Waals surface area contributed by atoms with Crippen molar-refractivity contribution in [3.63, 3.8) is 0 Å². The molecule has 5 heteroatoms. The molecule has 29 heavy (non-hydrogen) atoms. The van der Waals surface area contributed by atoms with Crippen molar-refractivity contribution in [2.45, 2.75) is 95.5 Å². The molecular formula is C24H46N4O. The van der Waals surface area contributed by atoms with Crippen molar-refractivity contribution in [1.82, 2.24) is 20.9 Å². The van der Waals surface area contributed by atoms with Gasteiger partial charge in [0, 0.05) is 32.8 Å². The van der Waals surface area contributed by atoms with Crippen LogP contribution < -0.4 is 16.0 Å². The Hall–Kier alpha value is -0.200. The molecule has 2 saturated heterocycles. The van der Waals surface area contributed by atoms with Gasteiger partial charge < -0.3 is 9.64 Å². The largest absolute Gasteiger partial charge is 0.381 e. The summed E-state index contributed by atoms with van der Waals surface area (Å²) < 4.78 is 5.54. The molecule has 4 rings (SSSR count). The molecule has 0 atom stereocenters. The van der Waals surface area contributed by atoms with E-state index in [1.54, 1.807) is 0 Å².